The molecule has 5 nitrogen and oxygen atoms in total. The smallest absolute Gasteiger partial charge is 0.221 e. The number of hydrogen-bond acceptors (Lipinski definition) is 4. The molecule has 2 rings (SSSR count). The Bertz CT molecular complexity index is 626. The van der Waals surface area contributed by atoms with Gasteiger partial charge >= 0.3 is 0 Å². The molecule has 0 saturated heterocycles. The fraction of sp³-hybridized carbons (Fsp3) is 0.200. The van der Waals surface area contributed by atoms with Crippen LogP contribution in [-0.2, 0) is 4.79 Å². The topological polar surface area (TPSA) is 60.5 Å². The lowest BCUT2D eigenvalue weighted by Gasteiger charge is -2.11. The Labute approximate surface area is 117 Å². The first-order valence-corrected chi connectivity index (χ1v) is 6.10. The number of carbonyl (C=O) groups is 1. The van der Waals surface area contributed by atoms with Gasteiger partial charge in [0, 0.05) is 12.5 Å². The van der Waals surface area contributed by atoms with E-state index in [1.165, 1.54) is 6.92 Å². The summed E-state index contributed by atoms with van der Waals surface area (Å²) >= 11 is 0. The van der Waals surface area contributed by atoms with Crippen molar-refractivity contribution in [2.24, 2.45) is 0 Å². The second-order valence-corrected chi connectivity index (χ2v) is 4.19. The van der Waals surface area contributed by atoms with E-state index in [0.717, 1.165) is 16.9 Å². The molecule has 1 aromatic carbocycles. The number of amides is 1. The van der Waals surface area contributed by atoms with Crippen molar-refractivity contribution in [3.8, 4) is 22.8 Å². The highest BCUT2D eigenvalue weighted by Crippen LogP contribution is 2.32. The van der Waals surface area contributed by atoms with Crippen LogP contribution in [0.3, 0.4) is 0 Å². The molecular weight excluding hydrogens is 256 g/mol. The SMILES string of the molecule is COc1cccc(-c2cc(NC(C)=O)cnc2OC)c1. The lowest BCUT2D eigenvalue weighted by molar-refractivity contribution is -0.114. The minimum Gasteiger partial charge on any atom is -0.497 e. The first kappa shape index (κ1) is 13.9. The first-order valence-electron chi connectivity index (χ1n) is 6.10. The summed E-state index contributed by atoms with van der Waals surface area (Å²) in [7, 11) is 3.17. The summed E-state index contributed by atoms with van der Waals surface area (Å²) in [4.78, 5) is 15.3. The molecule has 1 aromatic heterocycles. The van der Waals surface area contributed by atoms with Crippen LogP contribution in [0.5, 0.6) is 11.6 Å². The molecule has 0 fully saturated rings. The van der Waals surface area contributed by atoms with Crippen LogP contribution < -0.4 is 14.8 Å². The standard InChI is InChI=1S/C15H16N2O3/c1-10(18)17-12-8-14(15(20-3)16-9-12)11-5-4-6-13(7-11)19-2/h4-9H,1-3H3,(H,17,18). The average molecular weight is 272 g/mol. The van der Waals surface area contributed by atoms with Crippen LogP contribution in [0.2, 0.25) is 0 Å². The van der Waals surface area contributed by atoms with Gasteiger partial charge in [0.1, 0.15) is 5.75 Å². The molecule has 104 valence electrons. The van der Waals surface area contributed by atoms with Crippen LogP contribution in [0.25, 0.3) is 11.1 Å². The van der Waals surface area contributed by atoms with E-state index < -0.39 is 0 Å². The van der Waals surface area contributed by atoms with E-state index in [-0.39, 0.29) is 5.91 Å². The summed E-state index contributed by atoms with van der Waals surface area (Å²) in [6, 6.07) is 9.39. The molecule has 0 radical (unpaired) electrons. The monoisotopic (exact) mass is 272 g/mol. The van der Waals surface area contributed by atoms with E-state index in [1.807, 2.05) is 30.3 Å². The maximum atomic E-state index is 11.1. The molecule has 0 unspecified atom stereocenters. The molecule has 5 heteroatoms. The first-order chi connectivity index (χ1) is 9.63. The summed E-state index contributed by atoms with van der Waals surface area (Å²) in [6.07, 6.45) is 1.56. The Morgan fingerprint density at radius 2 is 2.00 bits per heavy atom. The van der Waals surface area contributed by atoms with Gasteiger partial charge in [-0.3, -0.25) is 4.79 Å². The number of ether oxygens (including phenoxy) is 2. The molecule has 2 aromatic rings. The number of nitrogens with zero attached hydrogens (tertiary/aromatic N) is 1. The quantitative estimate of drug-likeness (QED) is 0.929. The van der Waals surface area contributed by atoms with Gasteiger partial charge < -0.3 is 14.8 Å². The van der Waals surface area contributed by atoms with Gasteiger partial charge in [-0.25, -0.2) is 4.98 Å². The van der Waals surface area contributed by atoms with Crippen LogP contribution in [-0.4, -0.2) is 25.1 Å². The minimum absolute atomic E-state index is 0.145. The van der Waals surface area contributed by atoms with Crippen molar-refractivity contribution < 1.29 is 14.3 Å². The van der Waals surface area contributed by atoms with Gasteiger partial charge in [0.15, 0.2) is 0 Å². The molecule has 1 amide bonds. The predicted molar refractivity (Wildman–Crippen MR) is 77.1 cm³/mol. The fourth-order valence-corrected chi connectivity index (χ4v) is 1.88. The van der Waals surface area contributed by atoms with E-state index in [9.17, 15) is 4.79 Å². The molecule has 0 aliphatic rings. The molecule has 1 N–H and O–H groups in total. The Kier molecular flexibility index (Phi) is 4.20. The third-order valence-corrected chi connectivity index (χ3v) is 2.75. The predicted octanol–water partition coefficient (Wildman–Crippen LogP) is 2.72. The van der Waals surface area contributed by atoms with Crippen LogP contribution in [0.1, 0.15) is 6.92 Å². The maximum absolute atomic E-state index is 11.1. The average Bonchev–Trinajstić information content (AvgIpc) is 2.46. The van der Waals surface area contributed by atoms with Crippen molar-refractivity contribution in [2.45, 2.75) is 6.92 Å². The van der Waals surface area contributed by atoms with Gasteiger partial charge in [0.05, 0.1) is 26.1 Å². The Morgan fingerprint density at radius 1 is 1.20 bits per heavy atom. The zero-order valence-electron chi connectivity index (χ0n) is 11.6. The molecule has 0 aliphatic heterocycles. The highest BCUT2D eigenvalue weighted by molar-refractivity contribution is 5.89. The van der Waals surface area contributed by atoms with Gasteiger partial charge in [-0.1, -0.05) is 12.1 Å². The van der Waals surface area contributed by atoms with Crippen molar-refractivity contribution >= 4 is 11.6 Å². The highest BCUT2D eigenvalue weighted by Gasteiger charge is 2.10. The summed E-state index contributed by atoms with van der Waals surface area (Å²) in [5.74, 6) is 1.09. The number of carbonyl (C=O) groups excluding carboxylic acids is 1. The molecular formula is C15H16N2O3. The van der Waals surface area contributed by atoms with Gasteiger partial charge in [-0.15, -0.1) is 0 Å². The molecule has 0 bridgehead atoms. The van der Waals surface area contributed by atoms with E-state index in [2.05, 4.69) is 10.3 Å². The molecule has 0 aliphatic carbocycles. The molecule has 0 saturated carbocycles. The van der Waals surface area contributed by atoms with Crippen molar-refractivity contribution in [3.63, 3.8) is 0 Å². The van der Waals surface area contributed by atoms with Crippen LogP contribution >= 0.6 is 0 Å². The summed E-state index contributed by atoms with van der Waals surface area (Å²) in [6.45, 7) is 1.45. The number of anilines is 1. The third-order valence-electron chi connectivity index (χ3n) is 2.75. The van der Waals surface area contributed by atoms with E-state index >= 15 is 0 Å². The summed E-state index contributed by atoms with van der Waals surface area (Å²) in [5.41, 5.74) is 2.31. The summed E-state index contributed by atoms with van der Waals surface area (Å²) in [5, 5.41) is 2.71. The molecule has 20 heavy (non-hydrogen) atoms. The van der Waals surface area contributed by atoms with E-state index in [1.54, 1.807) is 20.4 Å². The zero-order chi connectivity index (χ0) is 14.5. The summed E-state index contributed by atoms with van der Waals surface area (Å²) < 4.78 is 10.5. The Balaban J connectivity index is 2.48. The zero-order valence-corrected chi connectivity index (χ0v) is 11.6. The van der Waals surface area contributed by atoms with Crippen LogP contribution in [0.15, 0.2) is 36.5 Å². The normalized spacial score (nSPS) is 9.95. The highest BCUT2D eigenvalue weighted by atomic mass is 16.5. The Hall–Kier alpha value is -2.56. The number of methoxy groups -OCH3 is 2. The second kappa shape index (κ2) is 6.06. The van der Waals surface area contributed by atoms with Crippen molar-refractivity contribution in [2.75, 3.05) is 19.5 Å². The van der Waals surface area contributed by atoms with Crippen molar-refractivity contribution in [1.82, 2.24) is 4.98 Å². The minimum atomic E-state index is -0.145. The van der Waals surface area contributed by atoms with Crippen LogP contribution in [0.4, 0.5) is 5.69 Å². The number of rotatable bonds is 4. The largest absolute Gasteiger partial charge is 0.497 e. The fourth-order valence-electron chi connectivity index (χ4n) is 1.88. The number of nitrogens with one attached hydrogen (secondary N) is 1. The third kappa shape index (κ3) is 3.06. The molecule has 0 atom stereocenters. The Morgan fingerprint density at radius 3 is 2.65 bits per heavy atom. The number of hydrogen-bond donors (Lipinski definition) is 1. The molecule has 1 heterocycles. The van der Waals surface area contributed by atoms with E-state index in [4.69, 9.17) is 9.47 Å². The second-order valence-electron chi connectivity index (χ2n) is 4.19. The molecule has 0 spiro atoms. The van der Waals surface area contributed by atoms with Crippen LogP contribution in [0, 0.1) is 0 Å². The van der Waals surface area contributed by atoms with Crippen molar-refractivity contribution in [3.05, 3.63) is 36.5 Å². The maximum Gasteiger partial charge on any atom is 0.221 e. The lowest BCUT2D eigenvalue weighted by atomic mass is 10.1. The van der Waals surface area contributed by atoms with Crippen molar-refractivity contribution in [1.29, 1.82) is 0 Å². The lowest BCUT2D eigenvalue weighted by Crippen LogP contribution is -2.06. The van der Waals surface area contributed by atoms with E-state index in [0.29, 0.717) is 11.6 Å². The van der Waals surface area contributed by atoms with Gasteiger partial charge in [-0.05, 0) is 23.8 Å². The number of aromatic nitrogens is 1. The van der Waals surface area contributed by atoms with Gasteiger partial charge in [0.2, 0.25) is 11.8 Å². The number of benzene rings is 1. The number of pyridine rings is 1. The van der Waals surface area contributed by atoms with Gasteiger partial charge in [-0.2, -0.15) is 0 Å². The van der Waals surface area contributed by atoms with Gasteiger partial charge in [0.25, 0.3) is 0 Å².